The Balaban J connectivity index is 1.48. The molecule has 1 aliphatic rings. The Labute approximate surface area is 192 Å². The summed E-state index contributed by atoms with van der Waals surface area (Å²) in [5.41, 5.74) is 1.26. The summed E-state index contributed by atoms with van der Waals surface area (Å²) >= 11 is 13.6. The number of benzene rings is 1. The van der Waals surface area contributed by atoms with Crippen LogP contribution < -0.4 is 5.32 Å². The van der Waals surface area contributed by atoms with E-state index >= 15 is 0 Å². The number of fused-ring (bicyclic) bond motifs is 1. The van der Waals surface area contributed by atoms with Crippen LogP contribution in [-0.4, -0.2) is 46.9 Å². The first-order valence-electron chi connectivity index (χ1n) is 9.46. The van der Waals surface area contributed by atoms with Crippen LogP contribution in [0.1, 0.15) is 24.6 Å². The highest BCUT2D eigenvalue weighted by Gasteiger charge is 2.29. The van der Waals surface area contributed by atoms with Crippen molar-refractivity contribution in [2.75, 3.05) is 16.6 Å². The SMILES string of the molecule is O=P(O)(O)CSCC1CCC(n2ncc3c(NCc4ccccc4Cl)nc(Cl)nc32)O1. The molecule has 0 bridgehead atoms. The van der Waals surface area contributed by atoms with Gasteiger partial charge in [-0.3, -0.25) is 4.57 Å². The molecule has 0 amide bonds. The molecule has 3 aromatic rings. The largest absolute Gasteiger partial charge is 0.365 e. The second kappa shape index (κ2) is 9.62. The van der Waals surface area contributed by atoms with Crippen molar-refractivity contribution in [3.05, 3.63) is 46.3 Å². The van der Waals surface area contributed by atoms with Gasteiger partial charge in [0.15, 0.2) is 11.9 Å². The number of anilines is 1. The summed E-state index contributed by atoms with van der Waals surface area (Å²) in [6.45, 7) is 0.464. The highest BCUT2D eigenvalue weighted by molar-refractivity contribution is 8.04. The Bertz CT molecular complexity index is 1130. The summed E-state index contributed by atoms with van der Waals surface area (Å²) < 4.78 is 18.7. The van der Waals surface area contributed by atoms with E-state index in [0.29, 0.717) is 40.6 Å². The molecule has 4 rings (SSSR count). The van der Waals surface area contributed by atoms with Crippen LogP contribution >= 0.6 is 42.6 Å². The molecule has 0 radical (unpaired) electrons. The van der Waals surface area contributed by atoms with Crippen molar-refractivity contribution in [3.8, 4) is 0 Å². The monoisotopic (exact) mass is 503 g/mol. The van der Waals surface area contributed by atoms with Gasteiger partial charge in [-0.05, 0) is 36.1 Å². The van der Waals surface area contributed by atoms with Crippen LogP contribution in [0, 0.1) is 0 Å². The van der Waals surface area contributed by atoms with E-state index in [1.807, 2.05) is 24.3 Å². The number of halogens is 2. The first-order chi connectivity index (χ1) is 14.8. The van der Waals surface area contributed by atoms with Crippen LogP contribution in [0.2, 0.25) is 10.3 Å². The van der Waals surface area contributed by atoms with E-state index in [9.17, 15) is 4.57 Å². The molecule has 166 valence electrons. The number of hydrogen-bond donors (Lipinski definition) is 3. The molecule has 9 nitrogen and oxygen atoms in total. The minimum absolute atomic E-state index is 0.0858. The summed E-state index contributed by atoms with van der Waals surface area (Å²) in [7, 11) is -4.02. The third-order valence-electron chi connectivity index (χ3n) is 4.75. The Morgan fingerprint density at radius 3 is 2.84 bits per heavy atom. The smallest absolute Gasteiger partial charge is 0.335 e. The van der Waals surface area contributed by atoms with Gasteiger partial charge >= 0.3 is 7.60 Å². The lowest BCUT2D eigenvalue weighted by atomic mass is 10.2. The van der Waals surface area contributed by atoms with Gasteiger partial charge < -0.3 is 19.8 Å². The number of nitrogens with zero attached hydrogens (tertiary/aromatic N) is 4. The second-order valence-corrected chi connectivity index (χ2v) is 10.9. The third-order valence-corrected chi connectivity index (χ3v) is 7.97. The predicted octanol–water partition coefficient (Wildman–Crippen LogP) is 4.29. The topological polar surface area (TPSA) is 122 Å². The Morgan fingerprint density at radius 2 is 2.06 bits per heavy atom. The van der Waals surface area contributed by atoms with Crippen LogP contribution in [0.25, 0.3) is 11.0 Å². The summed E-state index contributed by atoms with van der Waals surface area (Å²) in [4.78, 5) is 26.6. The predicted molar refractivity (Wildman–Crippen MR) is 122 cm³/mol. The average molecular weight is 504 g/mol. The highest BCUT2D eigenvalue weighted by Crippen LogP contribution is 2.40. The van der Waals surface area contributed by atoms with Crippen LogP contribution in [0.5, 0.6) is 0 Å². The molecule has 2 unspecified atom stereocenters. The van der Waals surface area contributed by atoms with Crippen molar-refractivity contribution in [2.45, 2.75) is 31.7 Å². The zero-order valence-corrected chi connectivity index (χ0v) is 19.4. The molecule has 0 saturated carbocycles. The lowest BCUT2D eigenvalue weighted by molar-refractivity contribution is 0.00786. The Kier molecular flexibility index (Phi) is 7.07. The summed E-state index contributed by atoms with van der Waals surface area (Å²) in [5.74, 6) is 1.05. The minimum atomic E-state index is -4.02. The van der Waals surface area contributed by atoms with E-state index in [-0.39, 0.29) is 23.1 Å². The molecule has 1 aromatic carbocycles. The van der Waals surface area contributed by atoms with Gasteiger partial charge in [0.05, 0.1) is 23.2 Å². The van der Waals surface area contributed by atoms with Crippen molar-refractivity contribution in [1.29, 1.82) is 0 Å². The second-order valence-electron chi connectivity index (χ2n) is 7.07. The van der Waals surface area contributed by atoms with Crippen molar-refractivity contribution in [3.63, 3.8) is 0 Å². The average Bonchev–Trinajstić information content (AvgIpc) is 3.33. The van der Waals surface area contributed by atoms with Crippen LogP contribution in [0.3, 0.4) is 0 Å². The van der Waals surface area contributed by atoms with E-state index in [0.717, 1.165) is 12.0 Å². The van der Waals surface area contributed by atoms with E-state index in [1.165, 1.54) is 11.8 Å². The summed E-state index contributed by atoms with van der Waals surface area (Å²) in [6.07, 6.45) is 2.69. The number of aromatic nitrogens is 4. The van der Waals surface area contributed by atoms with Crippen molar-refractivity contribution >= 4 is 59.4 Å². The van der Waals surface area contributed by atoms with Crippen LogP contribution in [0.15, 0.2) is 30.5 Å². The lowest BCUT2D eigenvalue weighted by Crippen LogP contribution is -2.15. The molecule has 0 spiro atoms. The zero-order valence-electron chi connectivity index (χ0n) is 16.2. The van der Waals surface area contributed by atoms with E-state index < -0.39 is 7.60 Å². The van der Waals surface area contributed by atoms with Gasteiger partial charge in [0.2, 0.25) is 5.28 Å². The number of ether oxygens (including phenoxy) is 1. The van der Waals surface area contributed by atoms with Gasteiger partial charge in [0, 0.05) is 17.3 Å². The first kappa shape index (κ1) is 22.8. The fraction of sp³-hybridized carbons (Fsp3) is 0.389. The third kappa shape index (κ3) is 5.70. The van der Waals surface area contributed by atoms with Crippen molar-refractivity contribution < 1.29 is 19.1 Å². The van der Waals surface area contributed by atoms with Gasteiger partial charge in [-0.2, -0.15) is 15.1 Å². The standard InChI is InChI=1S/C18H20Cl2N5O4PS/c19-14-4-2-1-3-11(14)7-21-16-13-8-22-25(17(13)24-18(20)23-16)15-6-5-12(29-15)9-31-10-30(26,27)28/h1-4,8,12,15H,5-7,9-10H2,(H,21,23,24)(H2,26,27,28). The number of nitrogens with one attached hydrogen (secondary N) is 1. The van der Waals surface area contributed by atoms with Gasteiger partial charge in [-0.25, -0.2) is 4.68 Å². The summed E-state index contributed by atoms with van der Waals surface area (Å²) in [5, 5.41) is 9.14. The molecule has 1 aliphatic heterocycles. The maximum atomic E-state index is 11.0. The van der Waals surface area contributed by atoms with E-state index in [1.54, 1.807) is 10.9 Å². The maximum Gasteiger partial charge on any atom is 0.335 e. The molecule has 2 atom stereocenters. The first-order valence-corrected chi connectivity index (χ1v) is 13.2. The van der Waals surface area contributed by atoms with Crippen molar-refractivity contribution in [1.82, 2.24) is 19.7 Å². The van der Waals surface area contributed by atoms with Gasteiger partial charge in [-0.1, -0.05) is 29.8 Å². The number of rotatable bonds is 8. The highest BCUT2D eigenvalue weighted by atomic mass is 35.5. The van der Waals surface area contributed by atoms with Crippen molar-refractivity contribution in [2.24, 2.45) is 0 Å². The molecule has 0 aliphatic carbocycles. The summed E-state index contributed by atoms with van der Waals surface area (Å²) in [6, 6.07) is 7.53. The van der Waals surface area contributed by atoms with Gasteiger partial charge in [0.25, 0.3) is 0 Å². The van der Waals surface area contributed by atoms with Crippen LogP contribution in [0.4, 0.5) is 5.82 Å². The van der Waals surface area contributed by atoms with Gasteiger partial charge in [0.1, 0.15) is 5.82 Å². The molecule has 2 aromatic heterocycles. The van der Waals surface area contributed by atoms with E-state index in [2.05, 4.69) is 20.4 Å². The fourth-order valence-corrected chi connectivity index (χ4v) is 5.61. The quantitative estimate of drug-likeness (QED) is 0.305. The van der Waals surface area contributed by atoms with Gasteiger partial charge in [-0.15, -0.1) is 11.8 Å². The molecular weight excluding hydrogens is 484 g/mol. The minimum Gasteiger partial charge on any atom is -0.365 e. The molecule has 1 fully saturated rings. The molecule has 3 heterocycles. The molecule has 31 heavy (non-hydrogen) atoms. The molecule has 3 N–H and O–H groups in total. The number of thioether (sulfide) groups is 1. The molecule has 1 saturated heterocycles. The maximum absolute atomic E-state index is 11.0. The Hall–Kier alpha value is -1.39. The Morgan fingerprint density at radius 1 is 1.26 bits per heavy atom. The van der Waals surface area contributed by atoms with E-state index in [4.69, 9.17) is 37.7 Å². The zero-order chi connectivity index (χ0) is 22.0. The fourth-order valence-electron chi connectivity index (χ4n) is 3.36. The lowest BCUT2D eigenvalue weighted by Gasteiger charge is -2.15. The molecule has 13 heteroatoms. The van der Waals surface area contributed by atoms with Crippen LogP contribution in [-0.2, 0) is 15.8 Å². The normalized spacial score (nSPS) is 19.2. The molecular formula is C18H20Cl2N5O4PS. The number of hydrogen-bond acceptors (Lipinski definition) is 7.